The molecule has 0 spiro atoms. The molecule has 3 heterocycles. The molecule has 0 aliphatic carbocycles. The Bertz CT molecular complexity index is 791. The summed E-state index contributed by atoms with van der Waals surface area (Å²) >= 11 is 2.94. The Morgan fingerprint density at radius 1 is 1.40 bits per heavy atom. The minimum absolute atomic E-state index is 0.250. The van der Waals surface area contributed by atoms with Gasteiger partial charge in [0.1, 0.15) is 17.1 Å². The number of benzene rings is 1. The number of carbonyl (C=O) groups is 1. The number of hydrogen-bond donors (Lipinski definition) is 1. The maximum atomic E-state index is 8.58. The Kier molecular flexibility index (Phi) is 7.30. The van der Waals surface area contributed by atoms with Gasteiger partial charge >= 0.3 is 0 Å². The third-order valence-corrected chi connectivity index (χ3v) is 4.71. The molecule has 4 rings (SSSR count). The van der Waals surface area contributed by atoms with Crippen LogP contribution in [-0.2, 0) is 11.2 Å². The van der Waals surface area contributed by atoms with Crippen molar-refractivity contribution in [1.29, 1.82) is 0 Å². The maximum Gasteiger partial charge on any atom is 0.292 e. The lowest BCUT2D eigenvalue weighted by Gasteiger charge is -2.00. The molecule has 0 saturated heterocycles. The summed E-state index contributed by atoms with van der Waals surface area (Å²) in [5.41, 5.74) is 7.77. The van der Waals surface area contributed by atoms with Gasteiger partial charge in [0.15, 0.2) is 0 Å². The summed E-state index contributed by atoms with van der Waals surface area (Å²) in [5, 5.41) is 3.79. The highest BCUT2D eigenvalue weighted by atomic mass is 32.1. The number of aryl methyl sites for hydroxylation is 1. The zero-order valence-corrected chi connectivity index (χ0v) is 15.5. The number of ether oxygens (including phenoxy) is 2. The van der Waals surface area contributed by atoms with Gasteiger partial charge in [-0.1, -0.05) is 0 Å². The molecule has 7 nitrogen and oxygen atoms in total. The maximum absolute atomic E-state index is 8.58. The zero-order valence-electron chi connectivity index (χ0n) is 13.8. The van der Waals surface area contributed by atoms with Crippen molar-refractivity contribution in [1.82, 2.24) is 14.3 Å². The molecule has 3 aromatic rings. The Labute approximate surface area is 153 Å². The van der Waals surface area contributed by atoms with E-state index in [1.54, 1.807) is 18.4 Å². The summed E-state index contributed by atoms with van der Waals surface area (Å²) < 4.78 is 13.9. The van der Waals surface area contributed by atoms with Gasteiger partial charge in [-0.2, -0.15) is 9.36 Å². The van der Waals surface area contributed by atoms with E-state index in [0.717, 1.165) is 29.5 Å². The Hall–Kier alpha value is -2.52. The normalized spacial score (nSPS) is 11.1. The first kappa shape index (κ1) is 18.8. The molecule has 2 aromatic heterocycles. The molecule has 1 aliphatic rings. The number of amides is 1. The highest BCUT2D eigenvalue weighted by Crippen LogP contribution is 2.31. The van der Waals surface area contributed by atoms with E-state index in [9.17, 15) is 0 Å². The number of nitrogens with zero attached hydrogens (tertiary/aromatic N) is 3. The standard InChI is InChI=1S/C12H11NOS.C3H4N2OS.CH3NO/c1-8-7-15-12(13-8)10-2-3-11-9(6-10)4-5-14-11;1-6-3-4-2-5-7-3;2-1-3/h2-3,6-7H,4-5H2,1H3;2H,1H3;1H,(H2,2,3). The number of thiazole rings is 1. The molecule has 0 fully saturated rings. The van der Waals surface area contributed by atoms with E-state index in [-0.39, 0.29) is 6.41 Å². The molecule has 1 amide bonds. The lowest BCUT2D eigenvalue weighted by Crippen LogP contribution is -1.85. The Morgan fingerprint density at radius 2 is 2.20 bits per heavy atom. The van der Waals surface area contributed by atoms with Crippen LogP contribution in [0.25, 0.3) is 10.6 Å². The summed E-state index contributed by atoms with van der Waals surface area (Å²) in [6.07, 6.45) is 2.73. The van der Waals surface area contributed by atoms with Crippen molar-refractivity contribution < 1.29 is 14.3 Å². The number of hydrogen-bond acceptors (Lipinski definition) is 8. The summed E-state index contributed by atoms with van der Waals surface area (Å²) in [4.78, 5) is 16.8. The highest BCUT2D eigenvalue weighted by molar-refractivity contribution is 7.13. The van der Waals surface area contributed by atoms with E-state index in [4.69, 9.17) is 14.3 Å². The van der Waals surface area contributed by atoms with E-state index in [0.29, 0.717) is 5.19 Å². The average Bonchev–Trinajstić information content (AvgIpc) is 3.37. The molecule has 0 radical (unpaired) electrons. The summed E-state index contributed by atoms with van der Waals surface area (Å²) in [7, 11) is 1.57. The molecule has 132 valence electrons. The van der Waals surface area contributed by atoms with Gasteiger partial charge in [0.05, 0.1) is 13.7 Å². The van der Waals surface area contributed by atoms with Crippen molar-refractivity contribution >= 4 is 29.3 Å². The number of fused-ring (bicyclic) bond motifs is 1. The van der Waals surface area contributed by atoms with Crippen LogP contribution in [-0.4, -0.2) is 34.5 Å². The van der Waals surface area contributed by atoms with Crippen LogP contribution in [0.3, 0.4) is 0 Å². The SMILES string of the molecule is COc1ncns1.Cc1csc(-c2ccc3c(c2)CCO3)n1.NC=O. The first-order valence-electron chi connectivity index (χ1n) is 7.32. The van der Waals surface area contributed by atoms with Gasteiger partial charge in [0, 0.05) is 34.6 Å². The van der Waals surface area contributed by atoms with Crippen LogP contribution >= 0.6 is 22.9 Å². The summed E-state index contributed by atoms with van der Waals surface area (Å²) in [6, 6.07) is 6.33. The lowest BCUT2D eigenvalue weighted by molar-refractivity contribution is -0.106. The second-order valence-corrected chi connectivity index (χ2v) is 6.36. The molecular weight excluding hydrogens is 360 g/mol. The second-order valence-electron chi connectivity index (χ2n) is 4.76. The van der Waals surface area contributed by atoms with Crippen LogP contribution in [0, 0.1) is 6.92 Å². The van der Waals surface area contributed by atoms with E-state index in [1.165, 1.54) is 29.0 Å². The van der Waals surface area contributed by atoms with Gasteiger partial charge in [0.2, 0.25) is 6.41 Å². The first-order chi connectivity index (χ1) is 12.2. The third-order valence-electron chi connectivity index (χ3n) is 3.07. The van der Waals surface area contributed by atoms with Crippen LogP contribution in [0.2, 0.25) is 0 Å². The predicted molar refractivity (Wildman–Crippen MR) is 98.2 cm³/mol. The molecular formula is C16H18N4O3S2. The van der Waals surface area contributed by atoms with E-state index < -0.39 is 0 Å². The molecule has 2 N–H and O–H groups in total. The lowest BCUT2D eigenvalue weighted by atomic mass is 10.1. The fraction of sp³-hybridized carbons (Fsp3) is 0.250. The fourth-order valence-electron chi connectivity index (χ4n) is 2.06. The second kappa shape index (κ2) is 9.70. The van der Waals surface area contributed by atoms with Crippen LogP contribution in [0.1, 0.15) is 11.3 Å². The molecule has 0 bridgehead atoms. The topological polar surface area (TPSA) is 100 Å². The van der Waals surface area contributed by atoms with Crippen molar-refractivity contribution in [2.24, 2.45) is 5.73 Å². The minimum Gasteiger partial charge on any atom is -0.493 e. The van der Waals surface area contributed by atoms with Gasteiger partial charge < -0.3 is 15.2 Å². The third kappa shape index (κ3) is 5.50. The predicted octanol–water partition coefficient (Wildman–Crippen LogP) is 2.70. The van der Waals surface area contributed by atoms with E-state index in [1.807, 2.05) is 6.92 Å². The van der Waals surface area contributed by atoms with Crippen molar-refractivity contribution in [3.05, 3.63) is 41.2 Å². The van der Waals surface area contributed by atoms with E-state index >= 15 is 0 Å². The number of nitrogens with two attached hydrogens (primary N) is 1. The van der Waals surface area contributed by atoms with Crippen molar-refractivity contribution in [3.8, 4) is 21.5 Å². The number of aromatic nitrogens is 3. The van der Waals surface area contributed by atoms with Crippen LogP contribution in [0.15, 0.2) is 29.9 Å². The molecule has 25 heavy (non-hydrogen) atoms. The zero-order chi connectivity index (χ0) is 18.1. The number of carbonyl (C=O) groups excluding carboxylic acids is 1. The Balaban J connectivity index is 0.000000189. The molecule has 1 aliphatic heterocycles. The number of rotatable bonds is 2. The van der Waals surface area contributed by atoms with Crippen molar-refractivity contribution in [2.45, 2.75) is 13.3 Å². The molecule has 0 atom stereocenters. The largest absolute Gasteiger partial charge is 0.493 e. The minimum atomic E-state index is 0.250. The van der Waals surface area contributed by atoms with Crippen molar-refractivity contribution in [3.63, 3.8) is 0 Å². The fourth-order valence-corrected chi connectivity index (χ4v) is 3.21. The molecule has 0 saturated carbocycles. The number of primary amides is 1. The van der Waals surface area contributed by atoms with Gasteiger partial charge in [-0.3, -0.25) is 4.79 Å². The van der Waals surface area contributed by atoms with Gasteiger partial charge in [-0.25, -0.2) is 4.98 Å². The molecule has 1 aromatic carbocycles. The van der Waals surface area contributed by atoms with Gasteiger partial charge in [0.25, 0.3) is 5.19 Å². The van der Waals surface area contributed by atoms with Crippen LogP contribution in [0.4, 0.5) is 0 Å². The Morgan fingerprint density at radius 3 is 2.76 bits per heavy atom. The smallest absolute Gasteiger partial charge is 0.292 e. The highest BCUT2D eigenvalue weighted by Gasteiger charge is 2.13. The average molecular weight is 378 g/mol. The van der Waals surface area contributed by atoms with Crippen LogP contribution < -0.4 is 15.2 Å². The van der Waals surface area contributed by atoms with Gasteiger partial charge in [-0.15, -0.1) is 11.3 Å². The quantitative estimate of drug-likeness (QED) is 0.688. The van der Waals surface area contributed by atoms with E-state index in [2.05, 4.69) is 43.7 Å². The van der Waals surface area contributed by atoms with Gasteiger partial charge in [-0.05, 0) is 30.7 Å². The monoisotopic (exact) mass is 378 g/mol. The molecule has 9 heteroatoms. The first-order valence-corrected chi connectivity index (χ1v) is 8.97. The summed E-state index contributed by atoms with van der Waals surface area (Å²) in [5.74, 6) is 1.03. The molecule has 0 unspecified atom stereocenters. The van der Waals surface area contributed by atoms with Crippen LogP contribution in [0.5, 0.6) is 10.9 Å². The summed E-state index contributed by atoms with van der Waals surface area (Å²) in [6.45, 7) is 2.84. The van der Waals surface area contributed by atoms with Crippen molar-refractivity contribution in [2.75, 3.05) is 13.7 Å². The number of methoxy groups -OCH3 is 1.